The normalized spacial score (nSPS) is 16.2. The number of ether oxygens (including phenoxy) is 2. The molecule has 1 aliphatic heterocycles. The summed E-state index contributed by atoms with van der Waals surface area (Å²) in [5, 5.41) is 0. The van der Waals surface area contributed by atoms with Crippen LogP contribution in [0.3, 0.4) is 0 Å². The molecule has 0 aliphatic carbocycles. The number of nitrogens with zero attached hydrogens (tertiary/aromatic N) is 1. The molecule has 3 rings (SSSR count). The van der Waals surface area contributed by atoms with Crippen LogP contribution in [-0.2, 0) is 16.1 Å². The van der Waals surface area contributed by atoms with Gasteiger partial charge in [0.2, 0.25) is 5.88 Å². The Morgan fingerprint density at radius 2 is 2.00 bits per heavy atom. The molecule has 1 atom stereocenters. The second-order valence-corrected chi connectivity index (χ2v) is 5.83. The van der Waals surface area contributed by atoms with E-state index in [1.165, 1.54) is 7.11 Å². The number of pyridine rings is 1. The maximum Gasteiger partial charge on any atom is 0.340 e. The fraction of sp³-hybridized carbons (Fsp3) is 0.263. The lowest BCUT2D eigenvalue weighted by molar-refractivity contribution is -0.136. The summed E-state index contributed by atoms with van der Waals surface area (Å²) in [6, 6.07) is 11.0. The maximum absolute atomic E-state index is 13.1. The van der Waals surface area contributed by atoms with Crippen molar-refractivity contribution in [2.24, 2.45) is 5.73 Å². The quantitative estimate of drug-likeness (QED) is 0.865. The third-order valence-corrected chi connectivity index (χ3v) is 4.42. The summed E-state index contributed by atoms with van der Waals surface area (Å²) in [6.45, 7) is 4.25. The largest absolute Gasteiger partial charge is 0.465 e. The van der Waals surface area contributed by atoms with Crippen LogP contribution in [0.2, 0.25) is 0 Å². The van der Waals surface area contributed by atoms with Crippen LogP contribution in [0.25, 0.3) is 0 Å². The molecule has 130 valence electrons. The van der Waals surface area contributed by atoms with E-state index in [-0.39, 0.29) is 17.0 Å². The van der Waals surface area contributed by atoms with E-state index < -0.39 is 11.9 Å². The highest BCUT2D eigenvalue weighted by molar-refractivity contribution is 5.92. The first-order valence-electron chi connectivity index (χ1n) is 8.04. The van der Waals surface area contributed by atoms with E-state index in [2.05, 4.69) is 0 Å². The van der Waals surface area contributed by atoms with Crippen LogP contribution >= 0.6 is 0 Å². The number of fused-ring (bicyclic) bond motifs is 1. The van der Waals surface area contributed by atoms with Crippen molar-refractivity contribution in [3.8, 4) is 5.75 Å². The fourth-order valence-corrected chi connectivity index (χ4v) is 3.27. The molecule has 2 heterocycles. The van der Waals surface area contributed by atoms with Crippen LogP contribution in [0.1, 0.15) is 29.7 Å². The highest BCUT2D eigenvalue weighted by Gasteiger charge is 2.37. The maximum atomic E-state index is 13.1. The van der Waals surface area contributed by atoms with Crippen molar-refractivity contribution in [1.29, 1.82) is 0 Å². The minimum atomic E-state index is -0.636. The molecule has 0 amide bonds. The number of hydrogen-bond donors (Lipinski definition) is 1. The molecule has 0 fully saturated rings. The predicted molar refractivity (Wildman–Crippen MR) is 93.3 cm³/mol. The van der Waals surface area contributed by atoms with Crippen LogP contribution in [0.4, 0.5) is 0 Å². The number of esters is 1. The summed E-state index contributed by atoms with van der Waals surface area (Å²) in [5.74, 6) is -0.907. The Morgan fingerprint density at radius 3 is 2.60 bits per heavy atom. The van der Waals surface area contributed by atoms with Gasteiger partial charge in [0, 0.05) is 18.3 Å². The molecular formula is C19H20N2O4. The summed E-state index contributed by atoms with van der Waals surface area (Å²) < 4.78 is 12.2. The summed E-state index contributed by atoms with van der Waals surface area (Å²) in [6.07, 6.45) is 0. The minimum Gasteiger partial charge on any atom is -0.465 e. The lowest BCUT2D eigenvalue weighted by Gasteiger charge is -2.28. The van der Waals surface area contributed by atoms with E-state index in [1.54, 1.807) is 10.6 Å². The Bertz CT molecular complexity index is 913. The first-order chi connectivity index (χ1) is 12.0. The van der Waals surface area contributed by atoms with Gasteiger partial charge in [0.1, 0.15) is 11.3 Å². The topological polar surface area (TPSA) is 83.5 Å². The Kier molecular flexibility index (Phi) is 4.35. The lowest BCUT2D eigenvalue weighted by Crippen LogP contribution is -2.34. The molecular weight excluding hydrogens is 320 g/mol. The standard InChI is InChI=1S/C19H20N2O4/c1-4-21-11(2)10-13-15(18(21)22)14(12-8-6-5-7-9-12)16(17(20)25-13)19(23)24-3/h5-10,14H,4,20H2,1-3H3/t14-/m0/s1. The lowest BCUT2D eigenvalue weighted by atomic mass is 9.83. The second-order valence-electron chi connectivity index (χ2n) is 5.83. The number of benzene rings is 1. The predicted octanol–water partition coefficient (Wildman–Crippen LogP) is 2.04. The number of aryl methyl sites for hydroxylation is 1. The van der Waals surface area contributed by atoms with Crippen molar-refractivity contribution in [2.75, 3.05) is 7.11 Å². The molecule has 25 heavy (non-hydrogen) atoms. The SMILES string of the molecule is CCn1c(C)cc2c(c1=O)[C@H](c1ccccc1)C(C(=O)OC)=C(N)O2. The number of rotatable bonds is 3. The van der Waals surface area contributed by atoms with E-state index in [0.29, 0.717) is 17.9 Å². The van der Waals surface area contributed by atoms with E-state index in [9.17, 15) is 9.59 Å². The van der Waals surface area contributed by atoms with Gasteiger partial charge in [-0.1, -0.05) is 30.3 Å². The van der Waals surface area contributed by atoms with Crippen molar-refractivity contribution in [3.05, 3.63) is 75.0 Å². The van der Waals surface area contributed by atoms with Crippen LogP contribution < -0.4 is 16.0 Å². The molecule has 0 bridgehead atoms. The molecule has 1 aliphatic rings. The van der Waals surface area contributed by atoms with Crippen molar-refractivity contribution in [2.45, 2.75) is 26.3 Å². The summed E-state index contributed by atoms with van der Waals surface area (Å²) in [7, 11) is 1.28. The Morgan fingerprint density at radius 1 is 1.32 bits per heavy atom. The van der Waals surface area contributed by atoms with E-state index >= 15 is 0 Å². The second kappa shape index (κ2) is 6.47. The summed E-state index contributed by atoms with van der Waals surface area (Å²) in [4.78, 5) is 25.4. The average Bonchev–Trinajstić information content (AvgIpc) is 2.61. The van der Waals surface area contributed by atoms with Crippen LogP contribution in [0, 0.1) is 6.92 Å². The molecule has 0 radical (unpaired) electrons. The fourth-order valence-electron chi connectivity index (χ4n) is 3.27. The van der Waals surface area contributed by atoms with E-state index in [1.807, 2.05) is 44.2 Å². The van der Waals surface area contributed by atoms with Gasteiger partial charge in [-0.2, -0.15) is 0 Å². The molecule has 0 saturated heterocycles. The number of hydrogen-bond acceptors (Lipinski definition) is 5. The van der Waals surface area contributed by atoms with Crippen molar-refractivity contribution in [1.82, 2.24) is 4.57 Å². The number of nitrogens with two attached hydrogens (primary N) is 1. The monoisotopic (exact) mass is 340 g/mol. The molecule has 0 unspecified atom stereocenters. The van der Waals surface area contributed by atoms with E-state index in [4.69, 9.17) is 15.2 Å². The van der Waals surface area contributed by atoms with Crippen LogP contribution in [0.15, 0.2) is 52.6 Å². The zero-order valence-corrected chi connectivity index (χ0v) is 14.4. The summed E-state index contributed by atoms with van der Waals surface area (Å²) >= 11 is 0. The van der Waals surface area contributed by atoms with Gasteiger partial charge in [-0.05, 0) is 19.4 Å². The molecule has 2 N–H and O–H groups in total. The van der Waals surface area contributed by atoms with E-state index in [0.717, 1.165) is 11.3 Å². The molecule has 6 nitrogen and oxygen atoms in total. The van der Waals surface area contributed by atoms with Gasteiger partial charge in [-0.15, -0.1) is 0 Å². The van der Waals surface area contributed by atoms with Gasteiger partial charge in [0.15, 0.2) is 0 Å². The molecule has 1 aromatic carbocycles. The third kappa shape index (κ3) is 2.69. The highest BCUT2D eigenvalue weighted by atomic mass is 16.5. The van der Waals surface area contributed by atoms with Crippen molar-refractivity contribution < 1.29 is 14.3 Å². The number of carbonyl (C=O) groups is 1. The van der Waals surface area contributed by atoms with Gasteiger partial charge in [0.05, 0.1) is 18.6 Å². The van der Waals surface area contributed by atoms with Crippen LogP contribution in [-0.4, -0.2) is 17.6 Å². The van der Waals surface area contributed by atoms with Gasteiger partial charge in [-0.25, -0.2) is 4.79 Å². The van der Waals surface area contributed by atoms with Gasteiger partial charge >= 0.3 is 5.97 Å². The van der Waals surface area contributed by atoms with Gasteiger partial charge < -0.3 is 19.8 Å². The number of aromatic nitrogens is 1. The third-order valence-electron chi connectivity index (χ3n) is 4.42. The Balaban J connectivity index is 2.35. The molecule has 0 spiro atoms. The van der Waals surface area contributed by atoms with Crippen molar-refractivity contribution in [3.63, 3.8) is 0 Å². The number of methoxy groups -OCH3 is 1. The Labute approximate surface area is 145 Å². The first-order valence-corrected chi connectivity index (χ1v) is 8.04. The zero-order valence-electron chi connectivity index (χ0n) is 14.4. The number of carbonyl (C=O) groups excluding carboxylic acids is 1. The zero-order chi connectivity index (χ0) is 18.1. The smallest absolute Gasteiger partial charge is 0.340 e. The molecule has 2 aromatic rings. The van der Waals surface area contributed by atoms with Gasteiger partial charge in [-0.3, -0.25) is 4.79 Å². The first kappa shape index (κ1) is 16.8. The Hall–Kier alpha value is -3.02. The van der Waals surface area contributed by atoms with Crippen molar-refractivity contribution >= 4 is 5.97 Å². The highest BCUT2D eigenvalue weighted by Crippen LogP contribution is 2.41. The molecule has 0 saturated carbocycles. The minimum absolute atomic E-state index is 0.0405. The van der Waals surface area contributed by atoms with Crippen LogP contribution in [0.5, 0.6) is 5.75 Å². The summed E-state index contributed by atoms with van der Waals surface area (Å²) in [5.41, 5.74) is 7.91. The molecule has 1 aromatic heterocycles. The van der Waals surface area contributed by atoms with Gasteiger partial charge in [0.25, 0.3) is 5.56 Å². The molecule has 6 heteroatoms. The average molecular weight is 340 g/mol.